The molecule has 1 aliphatic rings. The molecule has 1 aromatic heterocycles. The predicted octanol–water partition coefficient (Wildman–Crippen LogP) is 2.51. The van der Waals surface area contributed by atoms with Crippen molar-refractivity contribution >= 4 is 34.5 Å². The number of carbonyl (C=O) groups is 2. The molecule has 3 aromatic rings. The van der Waals surface area contributed by atoms with Crippen molar-refractivity contribution < 1.29 is 19.1 Å². The number of ether oxygens (including phenoxy) is 2. The third kappa shape index (κ3) is 4.68. The third-order valence-corrected chi connectivity index (χ3v) is 5.95. The van der Waals surface area contributed by atoms with Gasteiger partial charge in [-0.05, 0) is 43.3 Å². The minimum atomic E-state index is -0.377. The molecule has 9 heteroatoms. The molecule has 4 rings (SSSR count). The van der Waals surface area contributed by atoms with Gasteiger partial charge in [0, 0.05) is 18.7 Å². The lowest BCUT2D eigenvalue weighted by Gasteiger charge is -2.26. The van der Waals surface area contributed by atoms with Crippen LogP contribution in [0.2, 0.25) is 0 Å². The first kappa shape index (κ1) is 22.0. The van der Waals surface area contributed by atoms with Crippen LogP contribution in [0.1, 0.15) is 17.3 Å². The number of benzene rings is 2. The summed E-state index contributed by atoms with van der Waals surface area (Å²) in [4.78, 5) is 44.3. The number of rotatable bonds is 6. The van der Waals surface area contributed by atoms with Gasteiger partial charge in [0.2, 0.25) is 0 Å². The summed E-state index contributed by atoms with van der Waals surface area (Å²) in [6.07, 6.45) is 0. The maximum atomic E-state index is 13.3. The number of aromatic nitrogens is 2. The second kappa shape index (κ2) is 9.97. The Morgan fingerprint density at radius 1 is 1.09 bits per heavy atom. The van der Waals surface area contributed by atoms with Gasteiger partial charge in [0.05, 0.1) is 42.2 Å². The van der Waals surface area contributed by atoms with E-state index >= 15 is 0 Å². The number of hydrogen-bond acceptors (Lipinski definition) is 7. The summed E-state index contributed by atoms with van der Waals surface area (Å²) in [6.45, 7) is 4.21. The van der Waals surface area contributed by atoms with E-state index < -0.39 is 0 Å². The highest BCUT2D eigenvalue weighted by Crippen LogP contribution is 2.22. The quantitative estimate of drug-likeness (QED) is 0.322. The summed E-state index contributed by atoms with van der Waals surface area (Å²) in [5.41, 5.74) is 1.42. The zero-order valence-electron chi connectivity index (χ0n) is 17.7. The Morgan fingerprint density at radius 2 is 1.81 bits per heavy atom. The molecule has 0 atom stereocenters. The number of thioether (sulfide) groups is 1. The smallest absolute Gasteiger partial charge is 0.316 e. The standard InChI is InChI=1S/C23H23N3O5S/c1-2-31-20(27)15-32-23-24-19-6-4-3-5-18(19)22(29)26(23)17-9-7-16(8-10-17)21(28)25-11-13-30-14-12-25/h3-10H,2,11-15H2,1H3. The maximum absolute atomic E-state index is 13.3. The molecule has 0 bridgehead atoms. The molecule has 2 aromatic carbocycles. The first-order valence-electron chi connectivity index (χ1n) is 10.4. The van der Waals surface area contributed by atoms with Crippen molar-refractivity contribution in [2.45, 2.75) is 12.1 Å². The molecule has 0 spiro atoms. The fraction of sp³-hybridized carbons (Fsp3) is 0.304. The molecule has 1 fully saturated rings. The molecule has 8 nitrogen and oxygen atoms in total. The van der Waals surface area contributed by atoms with Crippen molar-refractivity contribution in [2.24, 2.45) is 0 Å². The van der Waals surface area contributed by atoms with Crippen molar-refractivity contribution in [1.29, 1.82) is 0 Å². The van der Waals surface area contributed by atoms with Gasteiger partial charge in [0.15, 0.2) is 5.16 Å². The highest BCUT2D eigenvalue weighted by molar-refractivity contribution is 7.99. The summed E-state index contributed by atoms with van der Waals surface area (Å²) >= 11 is 1.14. The van der Waals surface area contributed by atoms with Crippen LogP contribution in [0.15, 0.2) is 58.5 Å². The van der Waals surface area contributed by atoms with E-state index in [4.69, 9.17) is 9.47 Å². The monoisotopic (exact) mass is 453 g/mol. The number of para-hydroxylation sites is 1. The van der Waals surface area contributed by atoms with E-state index in [1.165, 1.54) is 4.57 Å². The van der Waals surface area contributed by atoms with E-state index in [9.17, 15) is 14.4 Å². The molecule has 1 aliphatic heterocycles. The minimum Gasteiger partial charge on any atom is -0.465 e. The average molecular weight is 454 g/mol. The zero-order valence-corrected chi connectivity index (χ0v) is 18.5. The summed E-state index contributed by atoms with van der Waals surface area (Å²) in [6, 6.07) is 13.9. The second-order valence-corrected chi connectivity index (χ2v) is 8.04. The van der Waals surface area contributed by atoms with Gasteiger partial charge < -0.3 is 14.4 Å². The van der Waals surface area contributed by atoms with Crippen LogP contribution in [0.5, 0.6) is 0 Å². The Morgan fingerprint density at radius 3 is 2.53 bits per heavy atom. The van der Waals surface area contributed by atoms with Gasteiger partial charge >= 0.3 is 5.97 Å². The Hall–Kier alpha value is -3.17. The van der Waals surface area contributed by atoms with Crippen LogP contribution in [0.3, 0.4) is 0 Å². The number of morpholine rings is 1. The Balaban J connectivity index is 1.69. The average Bonchev–Trinajstić information content (AvgIpc) is 2.83. The molecule has 1 amide bonds. The van der Waals surface area contributed by atoms with Gasteiger partial charge in [0.1, 0.15) is 0 Å². The van der Waals surface area contributed by atoms with E-state index in [1.54, 1.807) is 54.3 Å². The molecule has 2 heterocycles. The van der Waals surface area contributed by atoms with Crippen LogP contribution >= 0.6 is 11.8 Å². The van der Waals surface area contributed by atoms with E-state index in [-0.39, 0.29) is 29.8 Å². The molecule has 32 heavy (non-hydrogen) atoms. The van der Waals surface area contributed by atoms with Crippen molar-refractivity contribution in [1.82, 2.24) is 14.5 Å². The van der Waals surface area contributed by atoms with Crippen LogP contribution in [0.4, 0.5) is 0 Å². The molecular formula is C23H23N3O5S. The number of nitrogens with zero attached hydrogens (tertiary/aromatic N) is 3. The van der Waals surface area contributed by atoms with Gasteiger partial charge in [-0.15, -0.1) is 0 Å². The summed E-state index contributed by atoms with van der Waals surface area (Å²) in [7, 11) is 0. The molecule has 0 unspecified atom stereocenters. The number of carbonyl (C=O) groups excluding carboxylic acids is 2. The SMILES string of the molecule is CCOC(=O)CSc1nc2ccccc2c(=O)n1-c1ccc(C(=O)N2CCOCC2)cc1. The lowest BCUT2D eigenvalue weighted by atomic mass is 10.1. The Kier molecular flexibility index (Phi) is 6.87. The number of hydrogen-bond donors (Lipinski definition) is 0. The molecule has 0 radical (unpaired) electrons. The molecule has 0 aliphatic carbocycles. The van der Waals surface area contributed by atoms with Crippen LogP contribution in [0, 0.1) is 0 Å². The summed E-state index contributed by atoms with van der Waals surface area (Å²) < 4.78 is 11.8. The first-order chi connectivity index (χ1) is 15.6. The van der Waals surface area contributed by atoms with Crippen LogP contribution in [-0.2, 0) is 14.3 Å². The van der Waals surface area contributed by atoms with Crippen molar-refractivity contribution in [3.63, 3.8) is 0 Å². The fourth-order valence-electron chi connectivity index (χ4n) is 3.47. The van der Waals surface area contributed by atoms with Gasteiger partial charge in [-0.1, -0.05) is 23.9 Å². The normalized spacial score (nSPS) is 13.8. The van der Waals surface area contributed by atoms with E-state index in [2.05, 4.69) is 4.98 Å². The predicted molar refractivity (Wildman–Crippen MR) is 121 cm³/mol. The molecule has 0 N–H and O–H groups in total. The molecule has 166 valence electrons. The third-order valence-electron chi connectivity index (χ3n) is 5.04. The number of fused-ring (bicyclic) bond motifs is 1. The van der Waals surface area contributed by atoms with E-state index in [1.807, 2.05) is 6.07 Å². The van der Waals surface area contributed by atoms with Gasteiger partial charge in [-0.3, -0.25) is 19.0 Å². The van der Waals surface area contributed by atoms with Gasteiger partial charge in [-0.2, -0.15) is 0 Å². The fourth-order valence-corrected chi connectivity index (χ4v) is 4.28. The molecule has 1 saturated heterocycles. The number of amides is 1. The lowest BCUT2D eigenvalue weighted by molar-refractivity contribution is -0.139. The minimum absolute atomic E-state index is 0.0339. The maximum Gasteiger partial charge on any atom is 0.316 e. The largest absolute Gasteiger partial charge is 0.465 e. The van der Waals surface area contributed by atoms with Crippen molar-refractivity contribution in [3.05, 3.63) is 64.4 Å². The van der Waals surface area contributed by atoms with Crippen LogP contribution in [-0.4, -0.2) is 65.0 Å². The van der Waals surface area contributed by atoms with Crippen molar-refractivity contribution in [2.75, 3.05) is 38.7 Å². The van der Waals surface area contributed by atoms with E-state index in [0.717, 1.165) is 11.8 Å². The summed E-state index contributed by atoms with van der Waals surface area (Å²) in [5.74, 6) is -0.412. The van der Waals surface area contributed by atoms with Crippen LogP contribution < -0.4 is 5.56 Å². The highest BCUT2D eigenvalue weighted by atomic mass is 32.2. The van der Waals surface area contributed by atoms with Crippen LogP contribution in [0.25, 0.3) is 16.6 Å². The van der Waals surface area contributed by atoms with Gasteiger partial charge in [-0.25, -0.2) is 4.98 Å². The molecular weight excluding hydrogens is 430 g/mol. The number of esters is 1. The van der Waals surface area contributed by atoms with Crippen molar-refractivity contribution in [3.8, 4) is 5.69 Å². The highest BCUT2D eigenvalue weighted by Gasteiger charge is 2.19. The lowest BCUT2D eigenvalue weighted by Crippen LogP contribution is -2.40. The Bertz CT molecular complexity index is 1190. The van der Waals surface area contributed by atoms with Gasteiger partial charge in [0.25, 0.3) is 11.5 Å². The summed E-state index contributed by atoms with van der Waals surface area (Å²) in [5, 5.41) is 0.857. The zero-order chi connectivity index (χ0) is 22.5. The first-order valence-corrected chi connectivity index (χ1v) is 11.3. The van der Waals surface area contributed by atoms with E-state index in [0.29, 0.717) is 53.6 Å². The Labute approximate surface area is 189 Å². The second-order valence-electron chi connectivity index (χ2n) is 7.10. The molecule has 0 saturated carbocycles. The topological polar surface area (TPSA) is 90.7 Å².